The van der Waals surface area contributed by atoms with Crippen LogP contribution in [-0.2, 0) is 6.54 Å². The van der Waals surface area contributed by atoms with Gasteiger partial charge in [-0.25, -0.2) is 0 Å². The highest BCUT2D eigenvalue weighted by molar-refractivity contribution is 6.00. The lowest BCUT2D eigenvalue weighted by atomic mass is 9.98. The van der Waals surface area contributed by atoms with Gasteiger partial charge < -0.3 is 15.6 Å². The smallest absolute Gasteiger partial charge is 0.251 e. The molecule has 212 valence electrons. The fourth-order valence-electron chi connectivity index (χ4n) is 5.17. The van der Waals surface area contributed by atoms with Crippen LogP contribution in [0.4, 0.5) is 0 Å². The minimum atomic E-state index is -0.433. The topological polar surface area (TPSA) is 77.1 Å². The van der Waals surface area contributed by atoms with E-state index in [0.717, 1.165) is 33.2 Å². The van der Waals surface area contributed by atoms with Gasteiger partial charge in [0.15, 0.2) is 0 Å². The molecule has 0 saturated carbocycles. The Morgan fingerprint density at radius 1 is 0.976 bits per heavy atom. The van der Waals surface area contributed by atoms with E-state index < -0.39 is 5.91 Å². The summed E-state index contributed by atoms with van der Waals surface area (Å²) in [5.74, 6) is -0.0505. The zero-order valence-electron chi connectivity index (χ0n) is 25.2. The second kappa shape index (κ2) is 12.4. The Morgan fingerprint density at radius 3 is 2.29 bits per heavy atom. The van der Waals surface area contributed by atoms with Crippen LogP contribution in [0.15, 0.2) is 90.0 Å². The van der Waals surface area contributed by atoms with E-state index in [1.807, 2.05) is 62.4 Å². The third-order valence-corrected chi connectivity index (χ3v) is 8.19. The van der Waals surface area contributed by atoms with E-state index in [0.29, 0.717) is 23.6 Å². The van der Waals surface area contributed by atoms with Gasteiger partial charge in [0.2, 0.25) is 5.91 Å². The number of fused-ring (bicyclic) bond motifs is 1. The zero-order valence-corrected chi connectivity index (χ0v) is 25.2. The van der Waals surface area contributed by atoms with Crippen LogP contribution in [0.3, 0.4) is 0 Å². The predicted octanol–water partition coefficient (Wildman–Crippen LogP) is 7.74. The monoisotopic (exact) mass is 547 g/mol. The molecular weight excluding hydrogens is 506 g/mol. The molecule has 3 aromatic carbocycles. The number of nitrogens with two attached hydrogens (primary N) is 1. The average Bonchev–Trinajstić information content (AvgIpc) is 3.20. The lowest BCUT2D eigenvalue weighted by Crippen LogP contribution is -2.33. The van der Waals surface area contributed by atoms with Crippen molar-refractivity contribution in [3.63, 3.8) is 0 Å². The van der Waals surface area contributed by atoms with Crippen LogP contribution >= 0.6 is 0 Å². The van der Waals surface area contributed by atoms with Crippen molar-refractivity contribution in [1.29, 1.82) is 0 Å². The maximum Gasteiger partial charge on any atom is 0.251 e. The normalized spacial score (nSPS) is 13.1. The minimum Gasteiger partial charge on any atom is -0.366 e. The maximum absolute atomic E-state index is 13.3. The number of aromatic nitrogens is 1. The molecule has 0 saturated heterocycles. The summed E-state index contributed by atoms with van der Waals surface area (Å²) in [7, 11) is 0. The first-order valence-corrected chi connectivity index (χ1v) is 14.2. The highest BCUT2D eigenvalue weighted by Gasteiger charge is 2.17. The fraction of sp³-hybridized carbons (Fsp3) is 0.278. The molecule has 5 nitrogen and oxygen atoms in total. The second-order valence-corrected chi connectivity index (χ2v) is 11.2. The second-order valence-electron chi connectivity index (χ2n) is 11.2. The van der Waals surface area contributed by atoms with Crippen molar-refractivity contribution in [2.75, 3.05) is 0 Å². The van der Waals surface area contributed by atoms with Gasteiger partial charge in [-0.2, -0.15) is 0 Å². The number of aryl methyl sites for hydroxylation is 1. The van der Waals surface area contributed by atoms with Gasteiger partial charge in [0, 0.05) is 34.3 Å². The Kier molecular flexibility index (Phi) is 8.97. The molecule has 0 bridgehead atoms. The molecule has 2 amide bonds. The number of amides is 2. The molecule has 0 aliphatic rings. The van der Waals surface area contributed by atoms with Crippen LogP contribution in [0, 0.1) is 19.8 Å². The Hall–Kier alpha value is -4.38. The van der Waals surface area contributed by atoms with Gasteiger partial charge in [0.25, 0.3) is 5.91 Å². The average molecular weight is 548 g/mol. The van der Waals surface area contributed by atoms with Crippen molar-refractivity contribution >= 4 is 22.7 Å². The largest absolute Gasteiger partial charge is 0.366 e. The summed E-state index contributed by atoms with van der Waals surface area (Å²) in [5.41, 5.74) is 15.5. The summed E-state index contributed by atoms with van der Waals surface area (Å²) >= 11 is 0. The molecule has 1 aromatic heterocycles. The molecule has 1 unspecified atom stereocenters. The minimum absolute atomic E-state index is 0.0778. The Balaban J connectivity index is 1.57. The van der Waals surface area contributed by atoms with Gasteiger partial charge in [0.1, 0.15) is 0 Å². The first-order chi connectivity index (χ1) is 19.5. The number of carbonyl (C=O) groups excluding carboxylic acids is 2. The Labute approximate surface area is 243 Å². The summed E-state index contributed by atoms with van der Waals surface area (Å²) in [6.07, 6.45) is 4.24. The Morgan fingerprint density at radius 2 is 1.66 bits per heavy atom. The van der Waals surface area contributed by atoms with Gasteiger partial charge >= 0.3 is 0 Å². The number of hydrogen-bond donors (Lipinski definition) is 2. The molecule has 3 N–H and O–H groups in total. The van der Waals surface area contributed by atoms with Gasteiger partial charge in [0.05, 0.1) is 6.04 Å². The van der Waals surface area contributed by atoms with Gasteiger partial charge in [-0.1, -0.05) is 74.0 Å². The molecule has 4 aromatic rings. The highest BCUT2D eigenvalue weighted by Crippen LogP contribution is 2.29. The van der Waals surface area contributed by atoms with Gasteiger partial charge in [-0.3, -0.25) is 9.59 Å². The van der Waals surface area contributed by atoms with E-state index >= 15 is 0 Å². The van der Waals surface area contributed by atoms with Crippen LogP contribution < -0.4 is 11.1 Å². The Bertz CT molecular complexity index is 1650. The SMILES string of the molecule is CC=C(C=C(C)C(C)C)C(C)NC(=O)c1ccc2c(c1)c(C)c(C)n2Cc1ccc(-c2ccccc2C(N)=O)cc1. The lowest BCUT2D eigenvalue weighted by molar-refractivity contribution is 0.0944. The zero-order chi connectivity index (χ0) is 29.8. The number of primary amides is 1. The molecule has 5 heteroatoms. The van der Waals surface area contributed by atoms with Crippen LogP contribution in [0.1, 0.15) is 72.2 Å². The van der Waals surface area contributed by atoms with E-state index in [9.17, 15) is 9.59 Å². The predicted molar refractivity (Wildman–Crippen MR) is 170 cm³/mol. The molecule has 0 fully saturated rings. The van der Waals surface area contributed by atoms with Crippen molar-refractivity contribution in [1.82, 2.24) is 9.88 Å². The summed E-state index contributed by atoms with van der Waals surface area (Å²) in [4.78, 5) is 25.1. The number of carbonyl (C=O) groups is 2. The molecule has 4 rings (SSSR count). The number of allylic oxidation sites excluding steroid dienone is 2. The molecule has 41 heavy (non-hydrogen) atoms. The summed E-state index contributed by atoms with van der Waals surface area (Å²) < 4.78 is 2.29. The number of nitrogens with zero attached hydrogens (tertiary/aromatic N) is 1. The van der Waals surface area contributed by atoms with E-state index in [2.05, 4.69) is 68.8 Å². The first-order valence-electron chi connectivity index (χ1n) is 14.2. The third kappa shape index (κ3) is 6.35. The van der Waals surface area contributed by atoms with Crippen LogP contribution in [0.25, 0.3) is 22.0 Å². The van der Waals surface area contributed by atoms with E-state index in [-0.39, 0.29) is 11.9 Å². The summed E-state index contributed by atoms with van der Waals surface area (Å²) in [6, 6.07) is 21.5. The van der Waals surface area contributed by atoms with Crippen molar-refractivity contribution in [2.45, 2.75) is 61.1 Å². The van der Waals surface area contributed by atoms with Crippen LogP contribution in [-0.4, -0.2) is 22.4 Å². The van der Waals surface area contributed by atoms with E-state index in [4.69, 9.17) is 5.73 Å². The molecule has 0 aliphatic heterocycles. The van der Waals surface area contributed by atoms with Crippen molar-refractivity contribution in [2.24, 2.45) is 11.7 Å². The third-order valence-electron chi connectivity index (χ3n) is 8.19. The van der Waals surface area contributed by atoms with Crippen molar-refractivity contribution in [3.8, 4) is 11.1 Å². The quantitative estimate of drug-likeness (QED) is 0.210. The number of nitrogens with one attached hydrogen (secondary N) is 1. The molecule has 1 heterocycles. The molecular formula is C36H41N3O2. The van der Waals surface area contributed by atoms with Crippen molar-refractivity contribution < 1.29 is 9.59 Å². The highest BCUT2D eigenvalue weighted by atomic mass is 16.2. The van der Waals surface area contributed by atoms with Crippen LogP contribution in [0.2, 0.25) is 0 Å². The summed E-state index contributed by atoms with van der Waals surface area (Å²) in [5, 5.41) is 4.26. The van der Waals surface area contributed by atoms with Crippen molar-refractivity contribution in [3.05, 3.63) is 118 Å². The molecule has 0 radical (unpaired) electrons. The van der Waals surface area contributed by atoms with Crippen LogP contribution in [0.5, 0.6) is 0 Å². The molecule has 1 atom stereocenters. The summed E-state index contributed by atoms with van der Waals surface area (Å²) in [6.45, 7) is 15.4. The maximum atomic E-state index is 13.3. The van der Waals surface area contributed by atoms with E-state index in [1.165, 1.54) is 16.8 Å². The molecule has 0 aliphatic carbocycles. The van der Waals surface area contributed by atoms with E-state index in [1.54, 1.807) is 6.07 Å². The number of hydrogen-bond acceptors (Lipinski definition) is 2. The fourth-order valence-corrected chi connectivity index (χ4v) is 5.17. The first kappa shape index (κ1) is 29.6. The number of rotatable bonds is 9. The van der Waals surface area contributed by atoms with Gasteiger partial charge in [-0.15, -0.1) is 0 Å². The lowest BCUT2D eigenvalue weighted by Gasteiger charge is -2.17. The number of benzene rings is 3. The van der Waals surface area contributed by atoms with Gasteiger partial charge in [-0.05, 0) is 92.6 Å². The standard InChI is InChI=1S/C36H41N3O2/c1-8-28(19-23(4)22(2)3)25(6)38-36(41)30-17-18-34-33(20-30)24(5)26(7)39(34)21-27-13-15-29(16-14-27)31-11-9-10-12-32(31)35(37)40/h8-20,22,25H,21H2,1-7H3,(H2,37,40)(H,38,41). The molecule has 0 spiro atoms.